The molecule has 0 unspecified atom stereocenters. The van der Waals surface area contributed by atoms with Crippen molar-refractivity contribution in [3.63, 3.8) is 0 Å². The topological polar surface area (TPSA) is 12.0 Å². The SMILES string of the molecule is Cc1cc(F)ccc1NCc1ccc(I)cc1. The van der Waals surface area contributed by atoms with Crippen LogP contribution in [-0.4, -0.2) is 0 Å². The number of hydrogen-bond donors (Lipinski definition) is 1. The molecule has 0 saturated heterocycles. The van der Waals surface area contributed by atoms with Gasteiger partial charge in [-0.15, -0.1) is 0 Å². The molecule has 17 heavy (non-hydrogen) atoms. The molecule has 1 N–H and O–H groups in total. The van der Waals surface area contributed by atoms with Crippen molar-refractivity contribution in [3.05, 3.63) is 63.0 Å². The molecule has 0 fully saturated rings. The molecule has 0 aliphatic heterocycles. The molecule has 2 rings (SSSR count). The molecule has 0 heterocycles. The van der Waals surface area contributed by atoms with Gasteiger partial charge in [-0.2, -0.15) is 0 Å². The zero-order valence-corrected chi connectivity index (χ0v) is 11.7. The van der Waals surface area contributed by atoms with Gasteiger partial charge in [0.15, 0.2) is 0 Å². The summed E-state index contributed by atoms with van der Waals surface area (Å²) in [5, 5.41) is 3.31. The molecule has 0 saturated carbocycles. The van der Waals surface area contributed by atoms with Crippen molar-refractivity contribution >= 4 is 28.3 Å². The van der Waals surface area contributed by atoms with E-state index >= 15 is 0 Å². The molecule has 0 aromatic heterocycles. The summed E-state index contributed by atoms with van der Waals surface area (Å²) in [4.78, 5) is 0. The number of hydrogen-bond acceptors (Lipinski definition) is 1. The molecule has 2 aromatic carbocycles. The highest BCUT2D eigenvalue weighted by atomic mass is 127. The van der Waals surface area contributed by atoms with Crippen LogP contribution in [0.3, 0.4) is 0 Å². The van der Waals surface area contributed by atoms with E-state index in [2.05, 4.69) is 52.2 Å². The van der Waals surface area contributed by atoms with Crippen LogP contribution in [0, 0.1) is 16.3 Å². The molecule has 1 nitrogen and oxygen atoms in total. The van der Waals surface area contributed by atoms with E-state index in [1.54, 1.807) is 6.07 Å². The van der Waals surface area contributed by atoms with E-state index in [0.29, 0.717) is 0 Å². The molecule has 88 valence electrons. The Morgan fingerprint density at radius 3 is 2.47 bits per heavy atom. The van der Waals surface area contributed by atoms with Gasteiger partial charge in [-0.1, -0.05) is 12.1 Å². The smallest absolute Gasteiger partial charge is 0.123 e. The average Bonchev–Trinajstić information content (AvgIpc) is 2.30. The van der Waals surface area contributed by atoms with Crippen molar-refractivity contribution in [1.29, 1.82) is 0 Å². The lowest BCUT2D eigenvalue weighted by atomic mass is 10.1. The van der Waals surface area contributed by atoms with Gasteiger partial charge in [-0.3, -0.25) is 0 Å². The molecule has 0 amide bonds. The Morgan fingerprint density at radius 1 is 1.12 bits per heavy atom. The average molecular weight is 341 g/mol. The quantitative estimate of drug-likeness (QED) is 0.819. The third-order valence-corrected chi connectivity index (χ3v) is 3.30. The molecule has 0 aliphatic carbocycles. The summed E-state index contributed by atoms with van der Waals surface area (Å²) in [6, 6.07) is 13.1. The standard InChI is InChI=1S/C14H13FIN/c1-10-8-12(15)4-7-14(10)17-9-11-2-5-13(16)6-3-11/h2-8,17H,9H2,1H3. The van der Waals surface area contributed by atoms with Crippen molar-refractivity contribution < 1.29 is 4.39 Å². The lowest BCUT2D eigenvalue weighted by Crippen LogP contribution is -2.01. The van der Waals surface area contributed by atoms with Gasteiger partial charge in [0.05, 0.1) is 0 Å². The molecule has 0 aliphatic rings. The Hall–Kier alpha value is -1.10. The number of anilines is 1. The summed E-state index contributed by atoms with van der Waals surface area (Å²) >= 11 is 2.28. The van der Waals surface area contributed by atoms with Crippen molar-refractivity contribution in [3.8, 4) is 0 Å². The Kier molecular flexibility index (Phi) is 3.99. The van der Waals surface area contributed by atoms with Crippen LogP contribution in [0.4, 0.5) is 10.1 Å². The first-order valence-electron chi connectivity index (χ1n) is 5.39. The fraction of sp³-hybridized carbons (Fsp3) is 0.143. The minimum Gasteiger partial charge on any atom is -0.381 e. The lowest BCUT2D eigenvalue weighted by Gasteiger charge is -2.09. The van der Waals surface area contributed by atoms with Crippen molar-refractivity contribution in [2.24, 2.45) is 0 Å². The van der Waals surface area contributed by atoms with Crippen LogP contribution in [0.5, 0.6) is 0 Å². The van der Waals surface area contributed by atoms with Crippen molar-refractivity contribution in [2.45, 2.75) is 13.5 Å². The van der Waals surface area contributed by atoms with Crippen LogP contribution in [0.25, 0.3) is 0 Å². The molecule has 0 bridgehead atoms. The normalized spacial score (nSPS) is 10.3. The van der Waals surface area contributed by atoms with Crippen LogP contribution in [0.1, 0.15) is 11.1 Å². The zero-order chi connectivity index (χ0) is 12.3. The summed E-state index contributed by atoms with van der Waals surface area (Å²) in [6.07, 6.45) is 0. The van der Waals surface area contributed by atoms with Gasteiger partial charge in [-0.05, 0) is 71.0 Å². The number of aryl methyl sites for hydroxylation is 1. The summed E-state index contributed by atoms with van der Waals surface area (Å²) < 4.78 is 14.2. The number of rotatable bonds is 3. The maximum Gasteiger partial charge on any atom is 0.123 e. The second-order valence-corrected chi connectivity index (χ2v) is 5.18. The summed E-state index contributed by atoms with van der Waals surface area (Å²) in [7, 11) is 0. The summed E-state index contributed by atoms with van der Waals surface area (Å²) in [5.41, 5.74) is 3.12. The van der Waals surface area contributed by atoms with E-state index in [0.717, 1.165) is 17.8 Å². The molecule has 0 atom stereocenters. The minimum absolute atomic E-state index is 0.192. The highest BCUT2D eigenvalue weighted by Gasteiger charge is 1.99. The molecule has 3 heteroatoms. The van der Waals surface area contributed by atoms with E-state index in [1.165, 1.54) is 21.3 Å². The Balaban J connectivity index is 2.04. The van der Waals surface area contributed by atoms with E-state index in [9.17, 15) is 4.39 Å². The van der Waals surface area contributed by atoms with Gasteiger partial charge >= 0.3 is 0 Å². The van der Waals surface area contributed by atoms with Gasteiger partial charge < -0.3 is 5.32 Å². The van der Waals surface area contributed by atoms with Gasteiger partial charge in [-0.25, -0.2) is 4.39 Å². The monoisotopic (exact) mass is 341 g/mol. The maximum absolute atomic E-state index is 12.9. The molecular weight excluding hydrogens is 328 g/mol. The highest BCUT2D eigenvalue weighted by molar-refractivity contribution is 14.1. The second-order valence-electron chi connectivity index (χ2n) is 3.94. The Bertz CT molecular complexity index is 508. The van der Waals surface area contributed by atoms with E-state index in [1.807, 2.05) is 6.92 Å². The third kappa shape index (κ3) is 3.43. The van der Waals surface area contributed by atoms with Gasteiger partial charge in [0.2, 0.25) is 0 Å². The molecule has 0 spiro atoms. The molecule has 2 aromatic rings. The lowest BCUT2D eigenvalue weighted by molar-refractivity contribution is 0.627. The van der Waals surface area contributed by atoms with E-state index < -0.39 is 0 Å². The third-order valence-electron chi connectivity index (χ3n) is 2.58. The van der Waals surface area contributed by atoms with Crippen LogP contribution in [0.15, 0.2) is 42.5 Å². The first-order chi connectivity index (χ1) is 8.15. The fourth-order valence-corrected chi connectivity index (χ4v) is 1.98. The summed E-state index contributed by atoms with van der Waals surface area (Å²) in [6.45, 7) is 2.66. The van der Waals surface area contributed by atoms with Crippen LogP contribution in [-0.2, 0) is 6.54 Å². The zero-order valence-electron chi connectivity index (χ0n) is 9.50. The first-order valence-corrected chi connectivity index (χ1v) is 6.47. The van der Waals surface area contributed by atoms with Gasteiger partial charge in [0, 0.05) is 15.8 Å². The minimum atomic E-state index is -0.192. The largest absolute Gasteiger partial charge is 0.381 e. The van der Waals surface area contributed by atoms with Crippen LogP contribution >= 0.6 is 22.6 Å². The Morgan fingerprint density at radius 2 is 1.82 bits per heavy atom. The first kappa shape index (κ1) is 12.4. The predicted octanol–water partition coefficient (Wildman–Crippen LogP) is 4.35. The van der Waals surface area contributed by atoms with Crippen LogP contribution in [0.2, 0.25) is 0 Å². The highest BCUT2D eigenvalue weighted by Crippen LogP contribution is 2.17. The molecular formula is C14H13FIN. The Labute approximate surface area is 114 Å². The fourth-order valence-electron chi connectivity index (χ4n) is 1.62. The second kappa shape index (κ2) is 5.49. The van der Waals surface area contributed by atoms with E-state index in [4.69, 9.17) is 0 Å². The van der Waals surface area contributed by atoms with Gasteiger partial charge in [0.1, 0.15) is 5.82 Å². The maximum atomic E-state index is 12.9. The van der Waals surface area contributed by atoms with Crippen molar-refractivity contribution in [2.75, 3.05) is 5.32 Å². The number of nitrogens with one attached hydrogen (secondary N) is 1. The number of benzene rings is 2. The summed E-state index contributed by atoms with van der Waals surface area (Å²) in [5.74, 6) is -0.192. The van der Waals surface area contributed by atoms with Crippen molar-refractivity contribution in [1.82, 2.24) is 0 Å². The number of halogens is 2. The molecule has 0 radical (unpaired) electrons. The predicted molar refractivity (Wildman–Crippen MR) is 77.6 cm³/mol. The van der Waals surface area contributed by atoms with Crippen LogP contribution < -0.4 is 5.32 Å². The van der Waals surface area contributed by atoms with Gasteiger partial charge in [0.25, 0.3) is 0 Å². The van der Waals surface area contributed by atoms with E-state index in [-0.39, 0.29) is 5.82 Å².